The molecule has 0 aliphatic heterocycles. The zero-order valence-corrected chi connectivity index (χ0v) is 11.6. The summed E-state index contributed by atoms with van der Waals surface area (Å²) in [7, 11) is 0. The molecule has 5 heteroatoms. The van der Waals surface area contributed by atoms with Crippen molar-refractivity contribution in [3.05, 3.63) is 22.7 Å². The van der Waals surface area contributed by atoms with E-state index in [4.69, 9.17) is 11.6 Å². The molecule has 3 rings (SSSR count). The fourth-order valence-electron chi connectivity index (χ4n) is 2.09. The van der Waals surface area contributed by atoms with E-state index in [0.717, 1.165) is 35.0 Å². The van der Waals surface area contributed by atoms with Crippen LogP contribution in [0.25, 0.3) is 10.2 Å². The summed E-state index contributed by atoms with van der Waals surface area (Å²) >= 11 is 7.49. The highest BCUT2D eigenvalue weighted by molar-refractivity contribution is 7.22. The second-order valence-corrected chi connectivity index (χ2v) is 6.17. The van der Waals surface area contributed by atoms with E-state index in [9.17, 15) is 4.79 Å². The lowest BCUT2D eigenvalue weighted by atomic mass is 9.85. The third kappa shape index (κ3) is 2.10. The van der Waals surface area contributed by atoms with Gasteiger partial charge in [0.05, 0.1) is 10.2 Å². The molecule has 0 atom stereocenters. The van der Waals surface area contributed by atoms with Crippen LogP contribution in [0.2, 0.25) is 5.02 Å². The predicted octanol–water partition coefficient (Wildman–Crippen LogP) is 4.00. The standard InChI is InChI=1S/C13H13ClN2OS/c1-7-5-9(14)6-10-11(7)15-13(18-10)16-12(17)8-3-2-4-8/h5-6,8H,2-4H2,1H3,(H,15,16,17). The molecule has 0 radical (unpaired) electrons. The number of fused-ring (bicyclic) bond motifs is 1. The fraction of sp³-hybridized carbons (Fsp3) is 0.385. The number of hydrogen-bond acceptors (Lipinski definition) is 3. The Hall–Kier alpha value is -1.13. The summed E-state index contributed by atoms with van der Waals surface area (Å²) < 4.78 is 1.02. The van der Waals surface area contributed by atoms with Crippen LogP contribution in [0, 0.1) is 12.8 Å². The van der Waals surface area contributed by atoms with Gasteiger partial charge in [0.25, 0.3) is 0 Å². The van der Waals surface area contributed by atoms with E-state index in [-0.39, 0.29) is 11.8 Å². The zero-order valence-electron chi connectivity index (χ0n) is 10.00. The van der Waals surface area contributed by atoms with Gasteiger partial charge in [0.15, 0.2) is 5.13 Å². The van der Waals surface area contributed by atoms with E-state index in [1.807, 2.05) is 19.1 Å². The van der Waals surface area contributed by atoms with Crippen LogP contribution in [-0.2, 0) is 4.79 Å². The smallest absolute Gasteiger partial charge is 0.229 e. The van der Waals surface area contributed by atoms with Gasteiger partial charge in [0, 0.05) is 10.9 Å². The number of rotatable bonds is 2. The summed E-state index contributed by atoms with van der Waals surface area (Å²) in [5.74, 6) is 0.283. The Labute approximate surface area is 114 Å². The molecule has 1 amide bonds. The summed E-state index contributed by atoms with van der Waals surface area (Å²) in [6.45, 7) is 1.98. The number of hydrogen-bond donors (Lipinski definition) is 1. The van der Waals surface area contributed by atoms with Crippen molar-refractivity contribution >= 4 is 44.2 Å². The number of amides is 1. The quantitative estimate of drug-likeness (QED) is 0.903. The summed E-state index contributed by atoms with van der Waals surface area (Å²) in [4.78, 5) is 16.3. The summed E-state index contributed by atoms with van der Waals surface area (Å²) in [5.41, 5.74) is 1.96. The maximum absolute atomic E-state index is 11.9. The summed E-state index contributed by atoms with van der Waals surface area (Å²) in [6.07, 6.45) is 3.16. The van der Waals surface area contributed by atoms with Crippen molar-refractivity contribution in [1.29, 1.82) is 0 Å². The van der Waals surface area contributed by atoms with E-state index < -0.39 is 0 Å². The van der Waals surface area contributed by atoms with Crippen LogP contribution in [0.1, 0.15) is 24.8 Å². The van der Waals surface area contributed by atoms with Gasteiger partial charge in [-0.25, -0.2) is 4.98 Å². The van der Waals surface area contributed by atoms with Crippen LogP contribution in [-0.4, -0.2) is 10.9 Å². The fourth-order valence-corrected chi connectivity index (χ4v) is 3.41. The van der Waals surface area contributed by atoms with Crippen molar-refractivity contribution in [2.45, 2.75) is 26.2 Å². The summed E-state index contributed by atoms with van der Waals surface area (Å²) in [5, 5.41) is 4.29. The molecule has 0 saturated heterocycles. The van der Waals surface area contributed by atoms with Crippen LogP contribution < -0.4 is 5.32 Å². The van der Waals surface area contributed by atoms with E-state index >= 15 is 0 Å². The minimum Gasteiger partial charge on any atom is -0.302 e. The molecule has 1 N–H and O–H groups in total. The highest BCUT2D eigenvalue weighted by Gasteiger charge is 2.25. The third-order valence-corrected chi connectivity index (χ3v) is 4.49. The Bertz CT molecular complexity index is 619. The number of halogens is 1. The Morgan fingerprint density at radius 3 is 2.94 bits per heavy atom. The lowest BCUT2D eigenvalue weighted by Crippen LogP contribution is -2.27. The third-order valence-electron chi connectivity index (χ3n) is 3.36. The first-order chi connectivity index (χ1) is 8.63. The van der Waals surface area contributed by atoms with E-state index in [1.165, 1.54) is 11.3 Å². The minimum absolute atomic E-state index is 0.101. The number of aromatic nitrogens is 1. The number of carbonyl (C=O) groups excluding carboxylic acids is 1. The van der Waals surface area contributed by atoms with Gasteiger partial charge in [-0.3, -0.25) is 4.79 Å². The Morgan fingerprint density at radius 1 is 1.50 bits per heavy atom. The Kier molecular flexibility index (Phi) is 2.99. The van der Waals surface area contributed by atoms with Gasteiger partial charge in [-0.2, -0.15) is 0 Å². The number of carbonyl (C=O) groups is 1. The largest absolute Gasteiger partial charge is 0.302 e. The number of anilines is 1. The first kappa shape index (κ1) is 11.9. The topological polar surface area (TPSA) is 42.0 Å². The monoisotopic (exact) mass is 280 g/mol. The molecule has 0 spiro atoms. The second kappa shape index (κ2) is 4.52. The van der Waals surface area contributed by atoms with E-state index in [2.05, 4.69) is 10.3 Å². The van der Waals surface area contributed by atoms with Gasteiger partial charge >= 0.3 is 0 Å². The minimum atomic E-state index is 0.101. The molecular formula is C13H13ClN2OS. The summed E-state index contributed by atoms with van der Waals surface area (Å²) in [6, 6.07) is 3.78. The van der Waals surface area contributed by atoms with Crippen LogP contribution in [0.3, 0.4) is 0 Å². The zero-order chi connectivity index (χ0) is 12.7. The van der Waals surface area contributed by atoms with Gasteiger partial charge < -0.3 is 5.32 Å². The molecule has 1 aliphatic rings. The molecule has 1 saturated carbocycles. The molecule has 94 valence electrons. The molecule has 1 fully saturated rings. The van der Waals surface area contributed by atoms with Crippen molar-refractivity contribution in [2.24, 2.45) is 5.92 Å². The lowest BCUT2D eigenvalue weighted by molar-refractivity contribution is -0.122. The molecular weight excluding hydrogens is 268 g/mol. The number of nitrogens with one attached hydrogen (secondary N) is 1. The molecule has 1 aromatic heterocycles. The molecule has 0 unspecified atom stereocenters. The van der Waals surface area contributed by atoms with Crippen molar-refractivity contribution < 1.29 is 4.79 Å². The van der Waals surface area contributed by atoms with Crippen LogP contribution in [0.4, 0.5) is 5.13 Å². The predicted molar refractivity (Wildman–Crippen MR) is 75.3 cm³/mol. The average molecular weight is 281 g/mol. The van der Waals surface area contributed by atoms with Crippen molar-refractivity contribution in [3.8, 4) is 0 Å². The molecule has 3 nitrogen and oxygen atoms in total. The second-order valence-electron chi connectivity index (χ2n) is 4.71. The molecule has 0 bridgehead atoms. The van der Waals surface area contributed by atoms with Crippen LogP contribution in [0.5, 0.6) is 0 Å². The highest BCUT2D eigenvalue weighted by Crippen LogP contribution is 2.32. The number of nitrogens with zero attached hydrogens (tertiary/aromatic N) is 1. The Morgan fingerprint density at radius 2 is 2.28 bits per heavy atom. The van der Waals surface area contributed by atoms with Crippen LogP contribution >= 0.6 is 22.9 Å². The van der Waals surface area contributed by atoms with Gasteiger partial charge in [0.2, 0.25) is 5.91 Å². The molecule has 1 heterocycles. The van der Waals surface area contributed by atoms with Gasteiger partial charge in [0.1, 0.15) is 0 Å². The van der Waals surface area contributed by atoms with E-state index in [1.54, 1.807) is 0 Å². The molecule has 1 aliphatic carbocycles. The maximum Gasteiger partial charge on any atom is 0.229 e. The van der Waals surface area contributed by atoms with Crippen LogP contribution in [0.15, 0.2) is 12.1 Å². The van der Waals surface area contributed by atoms with Crippen molar-refractivity contribution in [3.63, 3.8) is 0 Å². The van der Waals surface area contributed by atoms with Gasteiger partial charge in [-0.1, -0.05) is 29.4 Å². The SMILES string of the molecule is Cc1cc(Cl)cc2sc(NC(=O)C3CCC3)nc12. The van der Waals surface area contributed by atoms with Crippen molar-refractivity contribution in [1.82, 2.24) is 4.98 Å². The number of aryl methyl sites for hydroxylation is 1. The van der Waals surface area contributed by atoms with Gasteiger partial charge in [-0.05, 0) is 37.5 Å². The number of thiazole rings is 1. The van der Waals surface area contributed by atoms with Crippen molar-refractivity contribution in [2.75, 3.05) is 5.32 Å². The molecule has 2 aromatic rings. The number of benzene rings is 1. The molecule has 1 aromatic carbocycles. The first-order valence-electron chi connectivity index (χ1n) is 6.01. The lowest BCUT2D eigenvalue weighted by Gasteiger charge is -2.23. The maximum atomic E-state index is 11.9. The Balaban J connectivity index is 1.88. The first-order valence-corrected chi connectivity index (χ1v) is 7.20. The molecule has 18 heavy (non-hydrogen) atoms. The normalized spacial score (nSPS) is 15.7. The highest BCUT2D eigenvalue weighted by atomic mass is 35.5. The average Bonchev–Trinajstić information content (AvgIpc) is 2.57. The van der Waals surface area contributed by atoms with Gasteiger partial charge in [-0.15, -0.1) is 0 Å². The van der Waals surface area contributed by atoms with E-state index in [0.29, 0.717) is 10.2 Å².